The molecule has 3 aromatic heterocycles. The van der Waals surface area contributed by atoms with E-state index >= 15 is 0 Å². The number of hydrogen-bond acceptors (Lipinski definition) is 6. The smallest absolute Gasteiger partial charge is 0.282 e. The molecule has 5 aromatic rings. The van der Waals surface area contributed by atoms with E-state index in [4.69, 9.17) is 9.97 Å². The normalized spacial score (nSPS) is 11.6. The molecule has 2 aromatic carbocycles. The van der Waals surface area contributed by atoms with Gasteiger partial charge in [-0.15, -0.1) is 22.7 Å². The predicted molar refractivity (Wildman–Crippen MR) is 119 cm³/mol. The van der Waals surface area contributed by atoms with Crippen LogP contribution in [0.5, 0.6) is 0 Å². The zero-order chi connectivity index (χ0) is 19.3. The maximum atomic E-state index is 11.5. The summed E-state index contributed by atoms with van der Waals surface area (Å²) in [6, 6.07) is 16.2. The average molecular weight is 448 g/mol. The van der Waals surface area contributed by atoms with Crippen LogP contribution >= 0.6 is 22.7 Å². The van der Waals surface area contributed by atoms with E-state index < -0.39 is 10.1 Å². The van der Waals surface area contributed by atoms with Gasteiger partial charge in [0, 0.05) is 29.6 Å². The van der Waals surface area contributed by atoms with Gasteiger partial charge in [-0.05, 0) is 57.9 Å². The van der Waals surface area contributed by atoms with Gasteiger partial charge in [-0.2, -0.15) is 8.42 Å². The fourth-order valence-electron chi connectivity index (χ4n) is 3.11. The summed E-state index contributed by atoms with van der Waals surface area (Å²) in [5.74, 6) is 0. The van der Waals surface area contributed by atoms with E-state index in [1.807, 2.05) is 47.2 Å². The molecule has 139 valence electrons. The molecule has 0 saturated heterocycles. The molecule has 0 aliphatic heterocycles. The standard InChI is InChI=1S/C20H12N2O3S3.Na/c23-28(24,25)14-6-5-12-10-15-16(11-13(12)9-14)22-20(18-4-2-8-27-18)19(21-15)17-3-1-7-26-17;/h1-11H,(H,23,24,25);. The van der Waals surface area contributed by atoms with E-state index in [2.05, 4.69) is 0 Å². The van der Waals surface area contributed by atoms with Crippen molar-refractivity contribution in [3.8, 4) is 21.1 Å². The van der Waals surface area contributed by atoms with E-state index in [-0.39, 0.29) is 34.5 Å². The number of hydrogen-bond donors (Lipinski definition) is 1. The zero-order valence-corrected chi connectivity index (χ0v) is 19.7. The summed E-state index contributed by atoms with van der Waals surface area (Å²) in [5, 5.41) is 5.52. The molecule has 9 heteroatoms. The molecule has 5 rings (SSSR count). The van der Waals surface area contributed by atoms with Crippen molar-refractivity contribution in [2.75, 3.05) is 0 Å². The first-order valence-corrected chi connectivity index (χ1v) is 11.5. The van der Waals surface area contributed by atoms with E-state index in [9.17, 15) is 13.0 Å². The van der Waals surface area contributed by atoms with E-state index in [1.165, 1.54) is 12.1 Å². The van der Waals surface area contributed by atoms with Gasteiger partial charge >= 0.3 is 0 Å². The average Bonchev–Trinajstić information content (AvgIpc) is 3.37. The Morgan fingerprint density at radius 3 is 1.79 bits per heavy atom. The fraction of sp³-hybridized carbons (Fsp3) is 0. The molecule has 3 heterocycles. The third-order valence-electron chi connectivity index (χ3n) is 4.40. The maximum Gasteiger partial charge on any atom is 0.294 e. The first-order chi connectivity index (χ1) is 13.5. The summed E-state index contributed by atoms with van der Waals surface area (Å²) in [6.07, 6.45) is 0. The molecule has 0 aliphatic rings. The van der Waals surface area contributed by atoms with Crippen molar-refractivity contribution in [2.24, 2.45) is 0 Å². The molecule has 0 spiro atoms. The summed E-state index contributed by atoms with van der Waals surface area (Å²) in [5.41, 5.74) is 3.04. The first-order valence-electron chi connectivity index (χ1n) is 8.30. The Labute approximate surface area is 197 Å². The van der Waals surface area contributed by atoms with Gasteiger partial charge in [0.25, 0.3) is 10.1 Å². The number of thiophene rings is 2. The van der Waals surface area contributed by atoms with Gasteiger partial charge in [-0.3, -0.25) is 4.55 Å². The van der Waals surface area contributed by atoms with Crippen molar-refractivity contribution < 1.29 is 13.0 Å². The number of fused-ring (bicyclic) bond motifs is 2. The summed E-state index contributed by atoms with van der Waals surface area (Å²) in [7, 11) is -4.26. The fourth-order valence-corrected chi connectivity index (χ4v) is 5.05. The van der Waals surface area contributed by atoms with Crippen LogP contribution in [0.4, 0.5) is 0 Å². The molecule has 1 N–H and O–H groups in total. The van der Waals surface area contributed by atoms with Crippen LogP contribution in [0.1, 0.15) is 0 Å². The van der Waals surface area contributed by atoms with Crippen LogP contribution in [0.3, 0.4) is 0 Å². The molecule has 0 atom stereocenters. The number of aromatic nitrogens is 2. The van der Waals surface area contributed by atoms with Crippen LogP contribution in [0.25, 0.3) is 42.9 Å². The summed E-state index contributed by atoms with van der Waals surface area (Å²) >= 11 is 3.21. The molecule has 1 radical (unpaired) electrons. The quantitative estimate of drug-likeness (QED) is 0.236. The molecular weight excluding hydrogens is 435 g/mol. The second-order valence-corrected chi connectivity index (χ2v) is 9.52. The molecule has 0 unspecified atom stereocenters. The molecule has 0 bridgehead atoms. The first kappa shape index (κ1) is 20.6. The van der Waals surface area contributed by atoms with Gasteiger partial charge in [0.1, 0.15) is 11.4 Å². The van der Waals surface area contributed by atoms with Crippen molar-refractivity contribution in [1.29, 1.82) is 0 Å². The van der Waals surface area contributed by atoms with Crippen LogP contribution in [-0.4, -0.2) is 52.5 Å². The molecule has 5 nitrogen and oxygen atoms in total. The van der Waals surface area contributed by atoms with Gasteiger partial charge in [0.05, 0.1) is 25.7 Å². The van der Waals surface area contributed by atoms with Gasteiger partial charge in [-0.1, -0.05) is 18.2 Å². The van der Waals surface area contributed by atoms with Gasteiger partial charge in [-0.25, -0.2) is 9.97 Å². The zero-order valence-electron chi connectivity index (χ0n) is 15.2. The van der Waals surface area contributed by atoms with Crippen LogP contribution in [0.15, 0.2) is 70.3 Å². The van der Waals surface area contributed by atoms with E-state index in [1.54, 1.807) is 28.7 Å². The van der Waals surface area contributed by atoms with Gasteiger partial charge in [0.15, 0.2) is 0 Å². The van der Waals surface area contributed by atoms with Crippen molar-refractivity contribution in [3.05, 3.63) is 65.4 Å². The molecule has 0 amide bonds. The largest absolute Gasteiger partial charge is 0.294 e. The second kappa shape index (κ2) is 7.88. The summed E-state index contributed by atoms with van der Waals surface area (Å²) in [6.45, 7) is 0. The Balaban J connectivity index is 0.00000205. The Hall–Kier alpha value is -1.65. The van der Waals surface area contributed by atoms with E-state index in [0.717, 1.165) is 32.0 Å². The van der Waals surface area contributed by atoms with Crippen molar-refractivity contribution >= 4 is 84.2 Å². The topological polar surface area (TPSA) is 80.2 Å². The molecule has 0 aliphatic carbocycles. The minimum absolute atomic E-state index is 0. The molecular formula is C20H12N2NaO3S3. The monoisotopic (exact) mass is 447 g/mol. The number of nitrogens with zero attached hydrogens (tertiary/aromatic N) is 2. The minimum Gasteiger partial charge on any atom is -0.282 e. The van der Waals surface area contributed by atoms with Gasteiger partial charge in [0.2, 0.25) is 0 Å². The van der Waals surface area contributed by atoms with Crippen LogP contribution in [-0.2, 0) is 10.1 Å². The Morgan fingerprint density at radius 1 is 0.759 bits per heavy atom. The SMILES string of the molecule is O=S(=O)(O)c1ccc2cc3nc(-c4cccs4)c(-c4cccs4)nc3cc2c1.[Na]. The summed E-state index contributed by atoms with van der Waals surface area (Å²) < 4.78 is 32.2. The van der Waals surface area contributed by atoms with Crippen molar-refractivity contribution in [1.82, 2.24) is 9.97 Å². The van der Waals surface area contributed by atoms with Crippen LogP contribution in [0.2, 0.25) is 0 Å². The third-order valence-corrected chi connectivity index (χ3v) is 7.00. The molecule has 0 fully saturated rings. The minimum atomic E-state index is -4.26. The third kappa shape index (κ3) is 3.89. The molecule has 29 heavy (non-hydrogen) atoms. The molecule has 0 saturated carbocycles. The van der Waals surface area contributed by atoms with Crippen molar-refractivity contribution in [2.45, 2.75) is 4.90 Å². The number of benzene rings is 2. The maximum absolute atomic E-state index is 11.5. The van der Waals surface area contributed by atoms with Crippen LogP contribution < -0.4 is 0 Å². The Kier molecular flexibility index (Phi) is 5.60. The predicted octanol–water partition coefficient (Wildman–Crippen LogP) is 5.11. The summed E-state index contributed by atoms with van der Waals surface area (Å²) in [4.78, 5) is 11.7. The van der Waals surface area contributed by atoms with Gasteiger partial charge < -0.3 is 0 Å². The van der Waals surface area contributed by atoms with Crippen molar-refractivity contribution in [3.63, 3.8) is 0 Å². The van der Waals surface area contributed by atoms with E-state index in [0.29, 0.717) is 10.9 Å². The van der Waals surface area contributed by atoms with Crippen LogP contribution in [0, 0.1) is 0 Å². The second-order valence-electron chi connectivity index (χ2n) is 6.20. The Morgan fingerprint density at radius 2 is 1.31 bits per heavy atom. The number of rotatable bonds is 3. The Bertz CT molecular complexity index is 1430.